The van der Waals surface area contributed by atoms with E-state index in [2.05, 4.69) is 10.6 Å². The first-order chi connectivity index (χ1) is 8.40. The lowest BCUT2D eigenvalue weighted by Gasteiger charge is -2.09. The van der Waals surface area contributed by atoms with Crippen LogP contribution in [0.3, 0.4) is 0 Å². The summed E-state index contributed by atoms with van der Waals surface area (Å²) in [5.74, 6) is -3.00. The largest absolute Gasteiger partial charge is 0.481 e. The van der Waals surface area contributed by atoms with Gasteiger partial charge in [-0.25, -0.2) is 4.79 Å². The number of nitrogens with two attached hydrogens (primary N) is 1. The van der Waals surface area contributed by atoms with Gasteiger partial charge in [0.25, 0.3) is 0 Å². The molecular formula is C11H13N3O4. The number of carbonyl (C=O) groups excluding carboxylic acids is 2. The van der Waals surface area contributed by atoms with Crippen LogP contribution in [0.2, 0.25) is 0 Å². The van der Waals surface area contributed by atoms with Crippen LogP contribution >= 0.6 is 0 Å². The molecule has 1 aromatic rings. The Hall–Kier alpha value is -2.57. The van der Waals surface area contributed by atoms with E-state index in [9.17, 15) is 14.4 Å². The van der Waals surface area contributed by atoms with Gasteiger partial charge in [0.15, 0.2) is 0 Å². The van der Waals surface area contributed by atoms with E-state index in [4.69, 9.17) is 10.8 Å². The molecule has 0 heterocycles. The van der Waals surface area contributed by atoms with Crippen molar-refractivity contribution in [3.8, 4) is 0 Å². The molecule has 0 saturated heterocycles. The maximum absolute atomic E-state index is 11.5. The van der Waals surface area contributed by atoms with Crippen molar-refractivity contribution in [3.05, 3.63) is 24.3 Å². The molecular weight excluding hydrogens is 238 g/mol. The van der Waals surface area contributed by atoms with Crippen LogP contribution in [-0.4, -0.2) is 23.0 Å². The second-order valence-electron chi connectivity index (χ2n) is 3.62. The van der Waals surface area contributed by atoms with Crippen LogP contribution < -0.4 is 16.4 Å². The van der Waals surface area contributed by atoms with Crippen molar-refractivity contribution in [2.24, 2.45) is 11.7 Å². The van der Waals surface area contributed by atoms with E-state index in [1.54, 1.807) is 18.2 Å². The predicted octanol–water partition coefficient (Wildman–Crippen LogP) is 0.836. The van der Waals surface area contributed by atoms with E-state index in [1.807, 2.05) is 0 Å². The van der Waals surface area contributed by atoms with Crippen molar-refractivity contribution in [1.29, 1.82) is 0 Å². The Kier molecular flexibility index (Phi) is 4.25. The van der Waals surface area contributed by atoms with E-state index in [0.717, 1.165) is 0 Å². The van der Waals surface area contributed by atoms with Crippen LogP contribution in [0.1, 0.15) is 6.92 Å². The molecule has 1 unspecified atom stereocenters. The van der Waals surface area contributed by atoms with Gasteiger partial charge in [-0.05, 0) is 25.1 Å². The van der Waals surface area contributed by atoms with Gasteiger partial charge in [-0.3, -0.25) is 9.59 Å². The summed E-state index contributed by atoms with van der Waals surface area (Å²) in [6.07, 6.45) is 0. The summed E-state index contributed by atoms with van der Waals surface area (Å²) >= 11 is 0. The minimum Gasteiger partial charge on any atom is -0.481 e. The minimum absolute atomic E-state index is 0.374. The van der Waals surface area contributed by atoms with Crippen LogP contribution in [0.15, 0.2) is 24.3 Å². The molecule has 1 rings (SSSR count). The Morgan fingerprint density at radius 3 is 2.28 bits per heavy atom. The standard InChI is InChI=1S/C11H13N3O4/c1-6(10(16)17)9(15)13-7-3-2-4-8(5-7)14-11(12)18/h2-6H,1H3,(H,13,15)(H,16,17)(H3,12,14,18). The van der Waals surface area contributed by atoms with Gasteiger partial charge in [0, 0.05) is 11.4 Å². The third kappa shape index (κ3) is 3.78. The van der Waals surface area contributed by atoms with E-state index in [1.165, 1.54) is 13.0 Å². The van der Waals surface area contributed by atoms with E-state index in [0.29, 0.717) is 11.4 Å². The monoisotopic (exact) mass is 251 g/mol. The molecule has 18 heavy (non-hydrogen) atoms. The molecule has 0 aliphatic heterocycles. The summed E-state index contributed by atoms with van der Waals surface area (Å²) in [6, 6.07) is 5.49. The van der Waals surface area contributed by atoms with E-state index >= 15 is 0 Å². The quantitative estimate of drug-likeness (QED) is 0.592. The van der Waals surface area contributed by atoms with E-state index in [-0.39, 0.29) is 0 Å². The fraction of sp³-hybridized carbons (Fsp3) is 0.182. The van der Waals surface area contributed by atoms with Crippen LogP contribution in [0.25, 0.3) is 0 Å². The van der Waals surface area contributed by atoms with Crippen molar-refractivity contribution < 1.29 is 19.5 Å². The third-order valence-electron chi connectivity index (χ3n) is 2.16. The number of carboxylic acids is 1. The van der Waals surface area contributed by atoms with Gasteiger partial charge in [0.1, 0.15) is 5.92 Å². The lowest BCUT2D eigenvalue weighted by Crippen LogP contribution is -2.27. The van der Waals surface area contributed by atoms with Crippen LogP contribution in [0, 0.1) is 5.92 Å². The molecule has 0 spiro atoms. The zero-order valence-corrected chi connectivity index (χ0v) is 9.64. The van der Waals surface area contributed by atoms with Crippen molar-refractivity contribution in [2.45, 2.75) is 6.92 Å². The Bertz CT molecular complexity index is 487. The van der Waals surface area contributed by atoms with Crippen LogP contribution in [0.5, 0.6) is 0 Å². The number of carboxylic acid groups (broad SMARTS) is 1. The normalized spacial score (nSPS) is 11.4. The number of carbonyl (C=O) groups is 3. The van der Waals surface area contributed by atoms with Gasteiger partial charge < -0.3 is 21.5 Å². The molecule has 0 aliphatic rings. The first-order valence-corrected chi connectivity index (χ1v) is 5.10. The highest BCUT2D eigenvalue weighted by molar-refractivity contribution is 6.04. The second kappa shape index (κ2) is 5.67. The lowest BCUT2D eigenvalue weighted by atomic mass is 10.1. The molecule has 0 fully saturated rings. The highest BCUT2D eigenvalue weighted by Crippen LogP contribution is 2.15. The van der Waals surface area contributed by atoms with Gasteiger partial charge >= 0.3 is 12.0 Å². The highest BCUT2D eigenvalue weighted by atomic mass is 16.4. The average Bonchev–Trinajstić information content (AvgIpc) is 2.27. The van der Waals surface area contributed by atoms with Crippen LogP contribution in [0.4, 0.5) is 16.2 Å². The number of rotatable bonds is 4. The second-order valence-corrected chi connectivity index (χ2v) is 3.62. The molecule has 96 valence electrons. The number of aliphatic carboxylic acids is 1. The Balaban J connectivity index is 2.76. The first-order valence-electron chi connectivity index (χ1n) is 5.10. The molecule has 7 nitrogen and oxygen atoms in total. The van der Waals surface area contributed by atoms with Crippen molar-refractivity contribution in [2.75, 3.05) is 10.6 Å². The minimum atomic E-state index is -1.21. The van der Waals surface area contributed by atoms with Gasteiger partial charge in [-0.1, -0.05) is 6.07 Å². The van der Waals surface area contributed by atoms with Gasteiger partial charge in [0.2, 0.25) is 5.91 Å². The summed E-state index contributed by atoms with van der Waals surface area (Å²) in [5.41, 5.74) is 5.73. The maximum Gasteiger partial charge on any atom is 0.316 e. The number of amides is 3. The predicted molar refractivity (Wildman–Crippen MR) is 65.1 cm³/mol. The molecule has 7 heteroatoms. The molecule has 3 amide bonds. The molecule has 0 aliphatic carbocycles. The Labute approximate surface area is 103 Å². The fourth-order valence-corrected chi connectivity index (χ4v) is 1.18. The number of nitrogens with one attached hydrogen (secondary N) is 2. The fourth-order valence-electron chi connectivity index (χ4n) is 1.18. The van der Waals surface area contributed by atoms with Crippen LogP contribution in [-0.2, 0) is 9.59 Å². The summed E-state index contributed by atoms with van der Waals surface area (Å²) in [6.45, 7) is 1.28. The number of primary amides is 1. The number of benzene rings is 1. The maximum atomic E-state index is 11.5. The lowest BCUT2D eigenvalue weighted by molar-refractivity contribution is -0.144. The summed E-state index contributed by atoms with van der Waals surface area (Å²) in [7, 11) is 0. The molecule has 5 N–H and O–H groups in total. The van der Waals surface area contributed by atoms with E-state index < -0.39 is 23.8 Å². The molecule has 1 aromatic carbocycles. The molecule has 0 aromatic heterocycles. The topological polar surface area (TPSA) is 122 Å². The highest BCUT2D eigenvalue weighted by Gasteiger charge is 2.20. The van der Waals surface area contributed by atoms with Gasteiger partial charge in [0.05, 0.1) is 0 Å². The summed E-state index contributed by atoms with van der Waals surface area (Å²) < 4.78 is 0. The van der Waals surface area contributed by atoms with Crippen molar-refractivity contribution >= 4 is 29.3 Å². The average molecular weight is 251 g/mol. The van der Waals surface area contributed by atoms with Gasteiger partial charge in [-0.2, -0.15) is 0 Å². The first kappa shape index (κ1) is 13.5. The number of hydrogen-bond acceptors (Lipinski definition) is 3. The zero-order chi connectivity index (χ0) is 13.7. The summed E-state index contributed by atoms with van der Waals surface area (Å²) in [5, 5.41) is 13.4. The molecule has 0 radical (unpaired) electrons. The Morgan fingerprint density at radius 1 is 1.22 bits per heavy atom. The molecule has 0 bridgehead atoms. The van der Waals surface area contributed by atoms with Crippen molar-refractivity contribution in [3.63, 3.8) is 0 Å². The van der Waals surface area contributed by atoms with Gasteiger partial charge in [-0.15, -0.1) is 0 Å². The Morgan fingerprint density at radius 2 is 1.78 bits per heavy atom. The number of hydrogen-bond donors (Lipinski definition) is 4. The smallest absolute Gasteiger partial charge is 0.316 e. The summed E-state index contributed by atoms with van der Waals surface area (Å²) in [4.78, 5) is 32.7. The molecule has 0 saturated carbocycles. The zero-order valence-electron chi connectivity index (χ0n) is 9.64. The SMILES string of the molecule is CC(C(=O)O)C(=O)Nc1cccc(NC(N)=O)c1. The number of anilines is 2. The molecule has 1 atom stereocenters. The van der Waals surface area contributed by atoms with Crippen molar-refractivity contribution in [1.82, 2.24) is 0 Å². The third-order valence-corrected chi connectivity index (χ3v) is 2.16. The number of urea groups is 1.